The molecule has 30 heavy (non-hydrogen) atoms. The third-order valence-corrected chi connectivity index (χ3v) is 7.72. The zero-order chi connectivity index (χ0) is 21.7. The lowest BCUT2D eigenvalue weighted by Crippen LogP contribution is -2.36. The summed E-state index contributed by atoms with van der Waals surface area (Å²) >= 11 is 1.17. The number of carbonyl (C=O) groups excluding carboxylic acids is 1. The molecular formula is C22H24N2O4S2. The molecular weight excluding hydrogens is 420 g/mol. The Morgan fingerprint density at radius 2 is 1.80 bits per heavy atom. The molecule has 0 spiro atoms. The van der Waals surface area contributed by atoms with Crippen molar-refractivity contribution in [3.63, 3.8) is 0 Å². The maximum atomic E-state index is 12.6. The highest BCUT2D eigenvalue weighted by molar-refractivity contribution is 7.94. The van der Waals surface area contributed by atoms with Crippen molar-refractivity contribution in [2.45, 2.75) is 24.1 Å². The Labute approximate surface area is 181 Å². The highest BCUT2D eigenvalue weighted by Gasteiger charge is 2.22. The number of sulfonamides is 1. The number of rotatable bonds is 8. The second-order valence-corrected chi connectivity index (χ2v) is 10.0. The van der Waals surface area contributed by atoms with E-state index in [9.17, 15) is 13.2 Å². The molecule has 3 aromatic rings. The van der Waals surface area contributed by atoms with Crippen molar-refractivity contribution in [3.8, 4) is 5.75 Å². The van der Waals surface area contributed by atoms with E-state index in [1.807, 2.05) is 38.1 Å². The van der Waals surface area contributed by atoms with Crippen LogP contribution in [0.5, 0.6) is 5.75 Å². The first-order chi connectivity index (χ1) is 14.3. The fourth-order valence-corrected chi connectivity index (χ4v) is 5.15. The Balaban J connectivity index is 1.60. The minimum Gasteiger partial charge on any atom is -0.491 e. The molecule has 0 saturated heterocycles. The monoisotopic (exact) mass is 444 g/mol. The topological polar surface area (TPSA) is 75.7 Å². The fourth-order valence-electron chi connectivity index (χ4n) is 2.79. The van der Waals surface area contributed by atoms with E-state index in [0.29, 0.717) is 17.9 Å². The third-order valence-electron chi connectivity index (χ3n) is 4.56. The molecule has 0 aliphatic rings. The van der Waals surface area contributed by atoms with Gasteiger partial charge in [0, 0.05) is 12.6 Å². The van der Waals surface area contributed by atoms with E-state index in [2.05, 4.69) is 5.32 Å². The Morgan fingerprint density at radius 1 is 1.10 bits per heavy atom. The minimum absolute atomic E-state index is 0.196. The summed E-state index contributed by atoms with van der Waals surface area (Å²) in [6, 6.07) is 17.2. The van der Waals surface area contributed by atoms with Crippen LogP contribution >= 0.6 is 11.3 Å². The van der Waals surface area contributed by atoms with Crippen molar-refractivity contribution in [2.24, 2.45) is 0 Å². The predicted molar refractivity (Wildman–Crippen MR) is 120 cm³/mol. The molecule has 8 heteroatoms. The number of thiophene rings is 1. The van der Waals surface area contributed by atoms with Gasteiger partial charge in [0.15, 0.2) is 0 Å². The van der Waals surface area contributed by atoms with E-state index >= 15 is 0 Å². The standard InChI is InChI=1S/C22H24N2O4S2/c1-16-7-4-5-8-20(16)28-15-17(2)23-22(25)18-10-12-19(13-11-18)24(3)30(26,27)21-9-6-14-29-21/h4-14,17H,15H2,1-3H3,(H,23,25)/t17-/m1/s1. The molecule has 0 fully saturated rings. The molecule has 0 radical (unpaired) electrons. The maximum Gasteiger partial charge on any atom is 0.273 e. The molecule has 3 rings (SSSR count). The summed E-state index contributed by atoms with van der Waals surface area (Å²) in [5.41, 5.74) is 1.97. The highest BCUT2D eigenvalue weighted by Crippen LogP contribution is 2.25. The third kappa shape index (κ3) is 5.01. The van der Waals surface area contributed by atoms with Crippen LogP contribution in [0.1, 0.15) is 22.8 Å². The van der Waals surface area contributed by atoms with Gasteiger partial charge in [-0.2, -0.15) is 0 Å². The molecule has 0 unspecified atom stereocenters. The van der Waals surface area contributed by atoms with Gasteiger partial charge in [-0.05, 0) is 61.2 Å². The Kier molecular flexibility index (Phi) is 6.79. The van der Waals surface area contributed by atoms with E-state index in [4.69, 9.17) is 4.74 Å². The van der Waals surface area contributed by atoms with Gasteiger partial charge >= 0.3 is 0 Å². The predicted octanol–water partition coefficient (Wildman–Crippen LogP) is 4.08. The lowest BCUT2D eigenvalue weighted by molar-refractivity contribution is 0.0926. The molecule has 1 N–H and O–H groups in total. The molecule has 2 aromatic carbocycles. The summed E-state index contributed by atoms with van der Waals surface area (Å²) < 4.78 is 32.5. The van der Waals surface area contributed by atoms with Crippen LogP contribution in [-0.4, -0.2) is 34.0 Å². The number of hydrogen-bond donors (Lipinski definition) is 1. The first kappa shape index (κ1) is 21.9. The van der Waals surface area contributed by atoms with Crippen molar-refractivity contribution < 1.29 is 17.9 Å². The van der Waals surface area contributed by atoms with Gasteiger partial charge in [0.1, 0.15) is 16.6 Å². The van der Waals surface area contributed by atoms with E-state index < -0.39 is 10.0 Å². The van der Waals surface area contributed by atoms with Crippen LogP contribution in [0.3, 0.4) is 0 Å². The number of nitrogens with one attached hydrogen (secondary N) is 1. The largest absolute Gasteiger partial charge is 0.491 e. The van der Waals surface area contributed by atoms with Crippen LogP contribution in [0.25, 0.3) is 0 Å². The van der Waals surface area contributed by atoms with Gasteiger partial charge in [0.2, 0.25) is 0 Å². The van der Waals surface area contributed by atoms with Gasteiger partial charge in [0.05, 0.1) is 11.7 Å². The van der Waals surface area contributed by atoms with Crippen molar-refractivity contribution >= 4 is 33.0 Å². The van der Waals surface area contributed by atoms with Crippen molar-refractivity contribution in [1.29, 1.82) is 0 Å². The first-order valence-corrected chi connectivity index (χ1v) is 11.7. The van der Waals surface area contributed by atoms with Crippen LogP contribution in [-0.2, 0) is 10.0 Å². The number of hydrogen-bond acceptors (Lipinski definition) is 5. The number of anilines is 1. The molecule has 0 saturated carbocycles. The van der Waals surface area contributed by atoms with Crippen molar-refractivity contribution in [1.82, 2.24) is 5.32 Å². The summed E-state index contributed by atoms with van der Waals surface area (Å²) in [5, 5.41) is 4.61. The molecule has 1 heterocycles. The average Bonchev–Trinajstić information content (AvgIpc) is 3.28. The molecule has 158 valence electrons. The van der Waals surface area contributed by atoms with Crippen LogP contribution in [0.15, 0.2) is 70.3 Å². The second-order valence-electron chi connectivity index (χ2n) is 6.90. The average molecular weight is 445 g/mol. The molecule has 1 atom stereocenters. The summed E-state index contributed by atoms with van der Waals surface area (Å²) in [6.07, 6.45) is 0. The molecule has 0 bridgehead atoms. The number of ether oxygens (including phenoxy) is 1. The Morgan fingerprint density at radius 3 is 2.43 bits per heavy atom. The minimum atomic E-state index is -3.60. The molecule has 1 amide bonds. The van der Waals surface area contributed by atoms with Crippen molar-refractivity contribution in [3.05, 3.63) is 77.2 Å². The number of aryl methyl sites for hydroxylation is 1. The smallest absolute Gasteiger partial charge is 0.273 e. The lowest BCUT2D eigenvalue weighted by Gasteiger charge is -2.19. The van der Waals surface area contributed by atoms with E-state index in [1.165, 1.54) is 22.7 Å². The molecule has 6 nitrogen and oxygen atoms in total. The van der Waals surface area contributed by atoms with Gasteiger partial charge < -0.3 is 10.1 Å². The van der Waals surface area contributed by atoms with Gasteiger partial charge in [-0.1, -0.05) is 24.3 Å². The van der Waals surface area contributed by atoms with Gasteiger partial charge in [-0.3, -0.25) is 9.10 Å². The van der Waals surface area contributed by atoms with E-state index in [0.717, 1.165) is 11.3 Å². The number of para-hydroxylation sites is 1. The summed E-state index contributed by atoms with van der Waals surface area (Å²) in [4.78, 5) is 12.5. The van der Waals surface area contributed by atoms with Crippen molar-refractivity contribution in [2.75, 3.05) is 18.0 Å². The Hall–Kier alpha value is -2.84. The Bertz CT molecular complexity index is 1090. The van der Waals surface area contributed by atoms with Crippen LogP contribution in [0, 0.1) is 6.92 Å². The number of amides is 1. The van der Waals surface area contributed by atoms with Crippen LogP contribution in [0.2, 0.25) is 0 Å². The molecule has 0 aliphatic carbocycles. The molecule has 0 aliphatic heterocycles. The summed E-state index contributed by atoms with van der Waals surface area (Å²) in [7, 11) is -2.11. The quantitative estimate of drug-likeness (QED) is 0.568. The normalized spacial score (nSPS) is 12.2. The zero-order valence-electron chi connectivity index (χ0n) is 17.0. The first-order valence-electron chi connectivity index (χ1n) is 9.41. The summed E-state index contributed by atoms with van der Waals surface area (Å²) in [6.45, 7) is 4.18. The van der Waals surface area contributed by atoms with E-state index in [-0.39, 0.29) is 16.2 Å². The van der Waals surface area contributed by atoms with Crippen LogP contribution in [0.4, 0.5) is 5.69 Å². The van der Waals surface area contributed by atoms with Gasteiger partial charge in [0.25, 0.3) is 15.9 Å². The van der Waals surface area contributed by atoms with E-state index in [1.54, 1.807) is 41.8 Å². The van der Waals surface area contributed by atoms with Crippen LogP contribution < -0.4 is 14.4 Å². The fraction of sp³-hybridized carbons (Fsp3) is 0.227. The second kappa shape index (κ2) is 9.32. The number of benzene rings is 2. The number of nitrogens with zero attached hydrogens (tertiary/aromatic N) is 1. The molecule has 1 aromatic heterocycles. The summed E-state index contributed by atoms with van der Waals surface area (Å²) in [5.74, 6) is 0.545. The SMILES string of the molecule is Cc1ccccc1OC[C@@H](C)NC(=O)c1ccc(N(C)S(=O)(=O)c2cccs2)cc1. The highest BCUT2D eigenvalue weighted by atomic mass is 32.2. The number of carbonyl (C=O) groups is 1. The maximum absolute atomic E-state index is 12.6. The van der Waals surface area contributed by atoms with Gasteiger partial charge in [-0.15, -0.1) is 11.3 Å². The zero-order valence-corrected chi connectivity index (χ0v) is 18.7. The van der Waals surface area contributed by atoms with Gasteiger partial charge in [-0.25, -0.2) is 8.42 Å². The lowest BCUT2D eigenvalue weighted by atomic mass is 10.2.